The molecule has 0 aromatic heterocycles. The molecule has 0 spiro atoms. The topological polar surface area (TPSA) is 67.4 Å². The molecule has 0 radical (unpaired) electrons. The molecule has 2 N–H and O–H groups in total. The van der Waals surface area contributed by atoms with Gasteiger partial charge in [0.15, 0.2) is 0 Å². The number of rotatable bonds is 8. The van der Waals surface area contributed by atoms with Crippen LogP contribution in [0, 0.1) is 0 Å². The molecular weight excluding hydrogens is 340 g/mol. The van der Waals surface area contributed by atoms with Crippen LogP contribution in [-0.2, 0) is 16.0 Å². The molecule has 0 fully saturated rings. The summed E-state index contributed by atoms with van der Waals surface area (Å²) in [4.78, 5) is 23.8. The first kappa shape index (κ1) is 18.8. The van der Waals surface area contributed by atoms with Crippen molar-refractivity contribution in [1.82, 2.24) is 5.32 Å². The summed E-state index contributed by atoms with van der Waals surface area (Å²) in [7, 11) is 1.50. The van der Waals surface area contributed by atoms with Crippen LogP contribution in [0.2, 0.25) is 5.02 Å². The predicted octanol–water partition coefficient (Wildman–Crippen LogP) is 3.43. The number of carbonyl (C=O) groups is 2. The fraction of sp³-hybridized carbons (Fsp3) is 0.263. The average molecular weight is 361 g/mol. The fourth-order valence-electron chi connectivity index (χ4n) is 2.35. The largest absolute Gasteiger partial charge is 0.495 e. The van der Waals surface area contributed by atoms with Crippen molar-refractivity contribution in [3.63, 3.8) is 0 Å². The number of hydrogen-bond donors (Lipinski definition) is 2. The van der Waals surface area contributed by atoms with E-state index in [2.05, 4.69) is 10.6 Å². The molecule has 0 unspecified atom stereocenters. The van der Waals surface area contributed by atoms with E-state index in [4.69, 9.17) is 16.3 Å². The van der Waals surface area contributed by atoms with Crippen molar-refractivity contribution < 1.29 is 14.3 Å². The maximum Gasteiger partial charge on any atom is 0.233 e. The lowest BCUT2D eigenvalue weighted by Gasteiger charge is -2.10. The van der Waals surface area contributed by atoms with Gasteiger partial charge in [-0.25, -0.2) is 0 Å². The van der Waals surface area contributed by atoms with Crippen molar-refractivity contribution in [2.45, 2.75) is 19.3 Å². The van der Waals surface area contributed by atoms with E-state index in [1.807, 2.05) is 30.3 Å². The van der Waals surface area contributed by atoms with Crippen molar-refractivity contribution in [2.75, 3.05) is 19.0 Å². The molecule has 132 valence electrons. The Morgan fingerprint density at radius 2 is 1.84 bits per heavy atom. The SMILES string of the molecule is COc1ccc(Cl)cc1NC(=O)CC(=O)NCCCc1ccccc1. The number of nitrogens with one attached hydrogen (secondary N) is 2. The Bertz CT molecular complexity index is 720. The number of aryl methyl sites for hydroxylation is 1. The van der Waals surface area contributed by atoms with Gasteiger partial charge in [0.25, 0.3) is 0 Å². The summed E-state index contributed by atoms with van der Waals surface area (Å²) in [5.41, 5.74) is 1.67. The summed E-state index contributed by atoms with van der Waals surface area (Å²) in [5.74, 6) is -0.242. The van der Waals surface area contributed by atoms with Gasteiger partial charge in [-0.2, -0.15) is 0 Å². The summed E-state index contributed by atoms with van der Waals surface area (Å²) in [6.45, 7) is 0.529. The number of benzene rings is 2. The lowest BCUT2D eigenvalue weighted by atomic mass is 10.1. The Hall–Kier alpha value is -2.53. The number of carbonyl (C=O) groups excluding carboxylic acids is 2. The number of methoxy groups -OCH3 is 1. The molecule has 0 aliphatic heterocycles. The van der Waals surface area contributed by atoms with Crippen LogP contribution in [0.1, 0.15) is 18.4 Å². The third-order valence-electron chi connectivity index (χ3n) is 3.56. The van der Waals surface area contributed by atoms with Gasteiger partial charge in [0, 0.05) is 11.6 Å². The molecule has 25 heavy (non-hydrogen) atoms. The molecule has 0 saturated heterocycles. The number of hydrogen-bond acceptors (Lipinski definition) is 3. The van der Waals surface area contributed by atoms with Crippen molar-refractivity contribution in [3.8, 4) is 5.75 Å². The minimum Gasteiger partial charge on any atom is -0.495 e. The summed E-state index contributed by atoms with van der Waals surface area (Å²) in [6, 6.07) is 14.9. The molecule has 5 nitrogen and oxygen atoms in total. The first-order valence-electron chi connectivity index (χ1n) is 8.02. The van der Waals surface area contributed by atoms with Crippen LogP contribution in [-0.4, -0.2) is 25.5 Å². The van der Waals surface area contributed by atoms with Crippen molar-refractivity contribution >= 4 is 29.1 Å². The zero-order valence-electron chi connectivity index (χ0n) is 14.0. The van der Waals surface area contributed by atoms with E-state index in [9.17, 15) is 9.59 Å². The van der Waals surface area contributed by atoms with Crippen LogP contribution in [0.4, 0.5) is 5.69 Å². The van der Waals surface area contributed by atoms with E-state index in [1.165, 1.54) is 12.7 Å². The Balaban J connectivity index is 1.73. The van der Waals surface area contributed by atoms with Gasteiger partial charge in [0.1, 0.15) is 12.2 Å². The summed E-state index contributed by atoms with van der Waals surface area (Å²) >= 11 is 5.91. The third kappa shape index (κ3) is 6.47. The lowest BCUT2D eigenvalue weighted by Crippen LogP contribution is -2.29. The number of halogens is 1. The van der Waals surface area contributed by atoms with Crippen molar-refractivity contribution in [2.24, 2.45) is 0 Å². The van der Waals surface area contributed by atoms with Gasteiger partial charge >= 0.3 is 0 Å². The molecule has 2 rings (SSSR count). The molecule has 0 aliphatic carbocycles. The van der Waals surface area contributed by atoms with Gasteiger partial charge in [0.05, 0.1) is 12.8 Å². The molecule has 2 amide bonds. The number of anilines is 1. The van der Waals surface area contributed by atoms with E-state index in [-0.39, 0.29) is 12.3 Å². The minimum absolute atomic E-state index is 0.249. The Kier molecular flexibility index (Phi) is 7.29. The van der Waals surface area contributed by atoms with Gasteiger partial charge in [-0.05, 0) is 36.6 Å². The van der Waals surface area contributed by atoms with Gasteiger partial charge in [0.2, 0.25) is 11.8 Å². The Labute approximate surface area is 152 Å². The van der Waals surface area contributed by atoms with Crippen LogP contribution in [0.5, 0.6) is 5.75 Å². The molecule has 0 heterocycles. The van der Waals surface area contributed by atoms with Crippen molar-refractivity contribution in [1.29, 1.82) is 0 Å². The molecule has 0 atom stereocenters. The van der Waals surface area contributed by atoms with Gasteiger partial charge in [-0.1, -0.05) is 41.9 Å². The highest BCUT2D eigenvalue weighted by molar-refractivity contribution is 6.31. The fourth-order valence-corrected chi connectivity index (χ4v) is 2.52. The van der Waals surface area contributed by atoms with Crippen LogP contribution in [0.25, 0.3) is 0 Å². The van der Waals surface area contributed by atoms with E-state index in [0.29, 0.717) is 23.0 Å². The highest BCUT2D eigenvalue weighted by atomic mass is 35.5. The van der Waals surface area contributed by atoms with E-state index in [1.54, 1.807) is 18.2 Å². The molecule has 0 aliphatic rings. The molecule has 2 aromatic carbocycles. The third-order valence-corrected chi connectivity index (χ3v) is 3.80. The molecule has 2 aromatic rings. The second-order valence-corrected chi connectivity index (χ2v) is 5.95. The van der Waals surface area contributed by atoms with Crippen LogP contribution in [0.3, 0.4) is 0 Å². The molecule has 0 bridgehead atoms. The van der Waals surface area contributed by atoms with E-state index >= 15 is 0 Å². The quantitative estimate of drug-likeness (QED) is 0.560. The summed E-state index contributed by atoms with van der Waals surface area (Å²) in [6.07, 6.45) is 1.45. The van der Waals surface area contributed by atoms with Crippen LogP contribution in [0.15, 0.2) is 48.5 Å². The van der Waals surface area contributed by atoms with Gasteiger partial charge in [-0.3, -0.25) is 9.59 Å². The minimum atomic E-state index is -0.416. The lowest BCUT2D eigenvalue weighted by molar-refractivity contribution is -0.126. The molecule has 0 saturated carbocycles. The zero-order chi connectivity index (χ0) is 18.1. The number of amides is 2. The smallest absolute Gasteiger partial charge is 0.233 e. The first-order valence-corrected chi connectivity index (χ1v) is 8.40. The standard InChI is InChI=1S/C19H21ClN2O3/c1-25-17-10-9-15(20)12-16(17)22-19(24)13-18(23)21-11-5-8-14-6-3-2-4-7-14/h2-4,6-7,9-10,12H,5,8,11,13H2,1H3,(H,21,23)(H,22,24). The number of ether oxygens (including phenoxy) is 1. The van der Waals surface area contributed by atoms with Crippen LogP contribution < -0.4 is 15.4 Å². The monoisotopic (exact) mass is 360 g/mol. The summed E-state index contributed by atoms with van der Waals surface area (Å²) < 4.78 is 5.15. The van der Waals surface area contributed by atoms with Crippen LogP contribution >= 0.6 is 11.6 Å². The van der Waals surface area contributed by atoms with E-state index in [0.717, 1.165) is 12.8 Å². The molecule has 6 heteroatoms. The normalized spacial score (nSPS) is 10.2. The Morgan fingerprint density at radius 3 is 2.56 bits per heavy atom. The van der Waals surface area contributed by atoms with Crippen molar-refractivity contribution in [3.05, 3.63) is 59.1 Å². The highest BCUT2D eigenvalue weighted by Crippen LogP contribution is 2.27. The second-order valence-electron chi connectivity index (χ2n) is 5.51. The second kappa shape index (κ2) is 9.69. The highest BCUT2D eigenvalue weighted by Gasteiger charge is 2.12. The van der Waals surface area contributed by atoms with Gasteiger partial charge < -0.3 is 15.4 Å². The maximum atomic E-state index is 12.0. The Morgan fingerprint density at radius 1 is 1.08 bits per heavy atom. The predicted molar refractivity (Wildman–Crippen MR) is 99.0 cm³/mol. The van der Waals surface area contributed by atoms with Gasteiger partial charge in [-0.15, -0.1) is 0 Å². The first-order chi connectivity index (χ1) is 12.1. The zero-order valence-corrected chi connectivity index (χ0v) is 14.8. The maximum absolute atomic E-state index is 12.0. The summed E-state index contributed by atoms with van der Waals surface area (Å²) in [5, 5.41) is 5.87. The average Bonchev–Trinajstić information content (AvgIpc) is 2.60. The van der Waals surface area contributed by atoms with E-state index < -0.39 is 5.91 Å². The molecular formula is C19H21ClN2O3.